The summed E-state index contributed by atoms with van der Waals surface area (Å²) in [5, 5.41) is 21.3. The fourth-order valence-corrected chi connectivity index (χ4v) is 10.1. The van der Waals surface area contributed by atoms with E-state index in [-0.39, 0.29) is 35.4 Å². The van der Waals surface area contributed by atoms with Crippen LogP contribution in [0, 0.1) is 52.3 Å². The number of fused-ring (bicyclic) bond motifs is 5. The van der Waals surface area contributed by atoms with Gasteiger partial charge in [-0.3, -0.25) is 4.55 Å². The van der Waals surface area contributed by atoms with Crippen LogP contribution in [0.3, 0.4) is 0 Å². The van der Waals surface area contributed by atoms with Crippen LogP contribution < -0.4 is 0 Å². The second-order valence-electron chi connectivity index (χ2n) is 12.1. The first kappa shape index (κ1) is 24.9. The molecule has 0 radical (unpaired) electrons. The van der Waals surface area contributed by atoms with Gasteiger partial charge in [-0.05, 0) is 104 Å². The SMILES string of the molecule is CCC1C(O)C2C3CCC(C(C)CCO)C3(C)CCC2C2(C)CCC(OS(=O)(=O)O)CC12. The first-order chi connectivity index (χ1) is 15.0. The number of aliphatic hydroxyl groups excluding tert-OH is 2. The molecular weight excluding hydrogens is 428 g/mol. The Bertz CT molecular complexity index is 785. The van der Waals surface area contributed by atoms with E-state index in [9.17, 15) is 23.2 Å². The Hall–Kier alpha value is -0.210. The standard InChI is InChI=1S/C25H44O6S/c1-5-17-21-14-16(31-32(28,29)30)8-11-25(21,4)20-9-12-24(3)18(15(2)10-13-26)6-7-19(24)22(20)23(17)27/h15-23,26-27H,5-14H2,1-4H3,(H,28,29,30). The second-order valence-corrected chi connectivity index (χ2v) is 13.2. The summed E-state index contributed by atoms with van der Waals surface area (Å²) in [4.78, 5) is 0. The Labute approximate surface area is 194 Å². The van der Waals surface area contributed by atoms with Crippen molar-refractivity contribution in [2.45, 2.75) is 97.7 Å². The third kappa shape index (κ3) is 3.98. The highest BCUT2D eigenvalue weighted by atomic mass is 32.3. The lowest BCUT2D eigenvalue weighted by Crippen LogP contribution is -2.62. The van der Waals surface area contributed by atoms with Gasteiger partial charge in [-0.25, -0.2) is 4.18 Å². The van der Waals surface area contributed by atoms with E-state index in [1.165, 1.54) is 19.3 Å². The molecule has 4 aliphatic carbocycles. The van der Waals surface area contributed by atoms with Crippen molar-refractivity contribution in [1.29, 1.82) is 0 Å². The summed E-state index contributed by atoms with van der Waals surface area (Å²) in [6.45, 7) is 9.53. The molecule has 4 fully saturated rings. The summed E-state index contributed by atoms with van der Waals surface area (Å²) >= 11 is 0. The van der Waals surface area contributed by atoms with Gasteiger partial charge in [0.05, 0.1) is 12.2 Å². The zero-order valence-corrected chi connectivity index (χ0v) is 21.1. The van der Waals surface area contributed by atoms with Gasteiger partial charge in [-0.1, -0.05) is 34.1 Å². The Morgan fingerprint density at radius 1 is 1.03 bits per heavy atom. The zero-order valence-electron chi connectivity index (χ0n) is 20.2. The molecule has 0 aromatic carbocycles. The maximum atomic E-state index is 11.8. The van der Waals surface area contributed by atoms with E-state index in [4.69, 9.17) is 4.18 Å². The maximum Gasteiger partial charge on any atom is 0.397 e. The van der Waals surface area contributed by atoms with Gasteiger partial charge < -0.3 is 10.2 Å². The van der Waals surface area contributed by atoms with Crippen molar-refractivity contribution < 1.29 is 27.4 Å². The molecular formula is C25H44O6S. The molecule has 4 aliphatic rings. The van der Waals surface area contributed by atoms with E-state index < -0.39 is 16.5 Å². The second kappa shape index (κ2) is 8.78. The van der Waals surface area contributed by atoms with Crippen molar-refractivity contribution in [3.05, 3.63) is 0 Å². The molecule has 7 heteroatoms. The van der Waals surface area contributed by atoms with E-state index in [2.05, 4.69) is 27.7 Å². The highest BCUT2D eigenvalue weighted by molar-refractivity contribution is 7.80. The van der Waals surface area contributed by atoms with Gasteiger partial charge in [0.2, 0.25) is 0 Å². The van der Waals surface area contributed by atoms with Crippen molar-refractivity contribution in [2.24, 2.45) is 52.3 Å². The highest BCUT2D eigenvalue weighted by Crippen LogP contribution is 2.69. The molecule has 3 N–H and O–H groups in total. The molecule has 11 unspecified atom stereocenters. The summed E-state index contributed by atoms with van der Waals surface area (Å²) < 4.78 is 36.9. The highest BCUT2D eigenvalue weighted by Gasteiger charge is 2.65. The van der Waals surface area contributed by atoms with Crippen LogP contribution in [0.1, 0.15) is 85.5 Å². The smallest absolute Gasteiger partial charge is 0.396 e. The molecule has 32 heavy (non-hydrogen) atoms. The van der Waals surface area contributed by atoms with Crippen LogP contribution in [0.5, 0.6) is 0 Å². The van der Waals surface area contributed by atoms with E-state index in [1.54, 1.807) is 0 Å². The van der Waals surface area contributed by atoms with E-state index in [0.29, 0.717) is 42.4 Å². The normalized spacial score (nSPS) is 49.7. The van der Waals surface area contributed by atoms with Gasteiger partial charge in [0.25, 0.3) is 0 Å². The van der Waals surface area contributed by atoms with Gasteiger partial charge in [-0.15, -0.1) is 0 Å². The molecule has 0 spiro atoms. The van der Waals surface area contributed by atoms with Crippen LogP contribution in [-0.4, -0.2) is 42.0 Å². The minimum absolute atomic E-state index is 0.0692. The van der Waals surface area contributed by atoms with Crippen molar-refractivity contribution in [3.8, 4) is 0 Å². The molecule has 0 aliphatic heterocycles. The number of aliphatic hydroxyl groups is 2. The van der Waals surface area contributed by atoms with Crippen molar-refractivity contribution >= 4 is 10.4 Å². The Morgan fingerprint density at radius 3 is 2.31 bits per heavy atom. The fraction of sp³-hybridized carbons (Fsp3) is 1.00. The largest absolute Gasteiger partial charge is 0.397 e. The summed E-state index contributed by atoms with van der Waals surface area (Å²) in [6, 6.07) is 0. The summed E-state index contributed by atoms with van der Waals surface area (Å²) in [7, 11) is -4.46. The molecule has 186 valence electrons. The first-order valence-electron chi connectivity index (χ1n) is 12.9. The van der Waals surface area contributed by atoms with Crippen LogP contribution >= 0.6 is 0 Å². The Morgan fingerprint density at radius 2 is 1.69 bits per heavy atom. The van der Waals surface area contributed by atoms with E-state index >= 15 is 0 Å². The lowest BCUT2D eigenvalue weighted by molar-refractivity contribution is -0.202. The van der Waals surface area contributed by atoms with Crippen LogP contribution in [0.25, 0.3) is 0 Å². The predicted molar refractivity (Wildman–Crippen MR) is 123 cm³/mol. The number of hydrogen-bond donors (Lipinski definition) is 3. The maximum absolute atomic E-state index is 11.8. The van der Waals surface area contributed by atoms with Crippen molar-refractivity contribution in [3.63, 3.8) is 0 Å². The molecule has 0 saturated heterocycles. The third-order valence-corrected chi connectivity index (χ3v) is 11.5. The van der Waals surface area contributed by atoms with Gasteiger partial charge in [-0.2, -0.15) is 8.42 Å². The molecule has 0 aromatic rings. The molecule has 0 aromatic heterocycles. The quantitative estimate of drug-likeness (QED) is 0.493. The van der Waals surface area contributed by atoms with Crippen molar-refractivity contribution in [1.82, 2.24) is 0 Å². The predicted octanol–water partition coefficient (Wildman–Crippen LogP) is 4.46. The van der Waals surface area contributed by atoms with Crippen LogP contribution in [-0.2, 0) is 14.6 Å². The third-order valence-electron chi connectivity index (χ3n) is 11.0. The minimum atomic E-state index is -4.46. The lowest BCUT2D eigenvalue weighted by Gasteiger charge is -2.64. The Kier molecular flexibility index (Phi) is 6.83. The van der Waals surface area contributed by atoms with Crippen LogP contribution in [0.4, 0.5) is 0 Å². The van der Waals surface area contributed by atoms with Crippen LogP contribution in [0.15, 0.2) is 0 Å². The summed E-state index contributed by atoms with van der Waals surface area (Å²) in [5.41, 5.74) is 0.295. The molecule has 0 amide bonds. The lowest BCUT2D eigenvalue weighted by atomic mass is 9.41. The van der Waals surface area contributed by atoms with Gasteiger partial charge >= 0.3 is 10.4 Å². The topological polar surface area (TPSA) is 104 Å². The number of rotatable bonds is 6. The molecule has 0 bridgehead atoms. The molecule has 11 atom stereocenters. The average molecular weight is 473 g/mol. The Balaban J connectivity index is 1.62. The van der Waals surface area contributed by atoms with E-state index in [0.717, 1.165) is 25.7 Å². The van der Waals surface area contributed by atoms with Crippen molar-refractivity contribution in [2.75, 3.05) is 6.61 Å². The van der Waals surface area contributed by atoms with Crippen LogP contribution in [0.2, 0.25) is 0 Å². The molecule has 6 nitrogen and oxygen atoms in total. The summed E-state index contributed by atoms with van der Waals surface area (Å²) in [5.74, 6) is 2.71. The van der Waals surface area contributed by atoms with Gasteiger partial charge in [0, 0.05) is 6.61 Å². The molecule has 4 rings (SSSR count). The van der Waals surface area contributed by atoms with Gasteiger partial charge in [0.1, 0.15) is 0 Å². The molecule has 4 saturated carbocycles. The fourth-order valence-electron chi connectivity index (χ4n) is 9.58. The minimum Gasteiger partial charge on any atom is -0.396 e. The first-order valence-corrected chi connectivity index (χ1v) is 14.3. The zero-order chi connectivity index (χ0) is 23.5. The average Bonchev–Trinajstić information content (AvgIpc) is 3.06. The number of hydrogen-bond acceptors (Lipinski definition) is 5. The summed E-state index contributed by atoms with van der Waals surface area (Å²) in [6.07, 6.45) is 7.63. The van der Waals surface area contributed by atoms with E-state index in [1.807, 2.05) is 0 Å². The molecule has 0 heterocycles. The monoisotopic (exact) mass is 472 g/mol. The van der Waals surface area contributed by atoms with Gasteiger partial charge in [0.15, 0.2) is 0 Å².